The Morgan fingerprint density at radius 1 is 1.25 bits per heavy atom. The van der Waals surface area contributed by atoms with Gasteiger partial charge < -0.3 is 5.11 Å². The van der Waals surface area contributed by atoms with E-state index >= 15 is 0 Å². The van der Waals surface area contributed by atoms with Crippen molar-refractivity contribution in [2.24, 2.45) is 17.8 Å². The molecule has 0 aliphatic heterocycles. The SMILES string of the molecule is CC(C)CC(=O)C(CO)C(C)C. The summed E-state index contributed by atoms with van der Waals surface area (Å²) in [6.45, 7) is 7.97. The van der Waals surface area contributed by atoms with Gasteiger partial charge in [-0.2, -0.15) is 0 Å². The first-order chi connectivity index (χ1) is 5.49. The van der Waals surface area contributed by atoms with Crippen LogP contribution in [0.25, 0.3) is 0 Å². The molecule has 72 valence electrons. The minimum absolute atomic E-state index is 0.0107. The monoisotopic (exact) mass is 172 g/mol. The van der Waals surface area contributed by atoms with Crippen LogP contribution in [0.4, 0.5) is 0 Å². The molecule has 0 aliphatic carbocycles. The minimum atomic E-state index is -0.160. The lowest BCUT2D eigenvalue weighted by molar-refractivity contribution is -0.126. The summed E-state index contributed by atoms with van der Waals surface area (Å²) in [5, 5.41) is 8.96. The number of Topliss-reactive ketones (excluding diaryl/α,β-unsaturated/α-hetero) is 1. The molecule has 1 unspecified atom stereocenters. The summed E-state index contributed by atoms with van der Waals surface area (Å²) in [7, 11) is 0. The lowest BCUT2D eigenvalue weighted by Crippen LogP contribution is -2.24. The van der Waals surface area contributed by atoms with E-state index < -0.39 is 0 Å². The van der Waals surface area contributed by atoms with Gasteiger partial charge in [-0.15, -0.1) is 0 Å². The van der Waals surface area contributed by atoms with Crippen molar-refractivity contribution >= 4 is 5.78 Å². The second-order valence-electron chi connectivity index (χ2n) is 4.10. The van der Waals surface area contributed by atoms with Crippen LogP contribution in [0.2, 0.25) is 0 Å². The third-order valence-electron chi connectivity index (χ3n) is 2.02. The Kier molecular flexibility index (Phi) is 5.14. The summed E-state index contributed by atoms with van der Waals surface area (Å²) in [6.07, 6.45) is 0.587. The fourth-order valence-corrected chi connectivity index (χ4v) is 1.24. The van der Waals surface area contributed by atoms with E-state index in [4.69, 9.17) is 5.11 Å². The van der Waals surface area contributed by atoms with Gasteiger partial charge in [0.05, 0.1) is 6.61 Å². The van der Waals surface area contributed by atoms with Gasteiger partial charge >= 0.3 is 0 Å². The maximum Gasteiger partial charge on any atom is 0.138 e. The standard InChI is InChI=1S/C10H20O2/c1-7(2)5-10(12)9(6-11)8(3)4/h7-9,11H,5-6H2,1-4H3. The first kappa shape index (κ1) is 11.6. The van der Waals surface area contributed by atoms with Crippen LogP contribution in [0, 0.1) is 17.8 Å². The van der Waals surface area contributed by atoms with Gasteiger partial charge in [0.2, 0.25) is 0 Å². The van der Waals surface area contributed by atoms with E-state index in [1.807, 2.05) is 27.7 Å². The molecule has 12 heavy (non-hydrogen) atoms. The number of aliphatic hydroxyl groups excluding tert-OH is 1. The Balaban J connectivity index is 4.04. The maximum absolute atomic E-state index is 11.5. The zero-order chi connectivity index (χ0) is 9.72. The third-order valence-corrected chi connectivity index (χ3v) is 2.02. The Morgan fingerprint density at radius 3 is 2.00 bits per heavy atom. The maximum atomic E-state index is 11.5. The van der Waals surface area contributed by atoms with E-state index in [9.17, 15) is 4.79 Å². The number of hydrogen-bond donors (Lipinski definition) is 1. The van der Waals surface area contributed by atoms with Crippen molar-refractivity contribution in [2.75, 3.05) is 6.61 Å². The van der Waals surface area contributed by atoms with Gasteiger partial charge in [0.1, 0.15) is 5.78 Å². The van der Waals surface area contributed by atoms with Crippen molar-refractivity contribution in [3.8, 4) is 0 Å². The van der Waals surface area contributed by atoms with Crippen LogP contribution < -0.4 is 0 Å². The van der Waals surface area contributed by atoms with Gasteiger partial charge in [-0.3, -0.25) is 4.79 Å². The van der Waals surface area contributed by atoms with E-state index in [1.54, 1.807) is 0 Å². The second-order valence-corrected chi connectivity index (χ2v) is 4.10. The fraction of sp³-hybridized carbons (Fsp3) is 0.900. The molecule has 1 atom stereocenters. The van der Waals surface area contributed by atoms with Crippen LogP contribution in [0.15, 0.2) is 0 Å². The molecule has 0 amide bonds. The zero-order valence-electron chi connectivity index (χ0n) is 8.50. The van der Waals surface area contributed by atoms with Gasteiger partial charge in [0, 0.05) is 12.3 Å². The van der Waals surface area contributed by atoms with Crippen molar-refractivity contribution in [3.63, 3.8) is 0 Å². The Hall–Kier alpha value is -0.370. The van der Waals surface area contributed by atoms with E-state index in [2.05, 4.69) is 0 Å². The molecular formula is C10H20O2. The van der Waals surface area contributed by atoms with Crippen LogP contribution in [0.3, 0.4) is 0 Å². The molecule has 0 saturated heterocycles. The number of hydrogen-bond acceptors (Lipinski definition) is 2. The molecule has 2 nitrogen and oxygen atoms in total. The van der Waals surface area contributed by atoms with Crippen molar-refractivity contribution in [1.82, 2.24) is 0 Å². The topological polar surface area (TPSA) is 37.3 Å². The fourth-order valence-electron chi connectivity index (χ4n) is 1.24. The molecule has 0 aromatic heterocycles. The average molecular weight is 172 g/mol. The molecule has 0 saturated carbocycles. The normalized spacial score (nSPS) is 13.9. The van der Waals surface area contributed by atoms with Crippen LogP contribution in [-0.4, -0.2) is 17.5 Å². The highest BCUT2D eigenvalue weighted by Gasteiger charge is 2.21. The first-order valence-corrected chi connectivity index (χ1v) is 4.62. The largest absolute Gasteiger partial charge is 0.396 e. The molecule has 1 N–H and O–H groups in total. The van der Waals surface area contributed by atoms with Crippen molar-refractivity contribution in [2.45, 2.75) is 34.1 Å². The molecule has 0 rings (SSSR count). The molecule has 0 aromatic rings. The molecule has 0 aromatic carbocycles. The predicted octanol–water partition coefficient (Wildman–Crippen LogP) is 1.87. The summed E-state index contributed by atoms with van der Waals surface area (Å²) in [6, 6.07) is 0. The number of carbonyl (C=O) groups excluding carboxylic acids is 1. The predicted molar refractivity (Wildman–Crippen MR) is 49.9 cm³/mol. The van der Waals surface area contributed by atoms with E-state index in [0.29, 0.717) is 12.3 Å². The molecule has 0 heterocycles. The Labute approximate surface area is 75.0 Å². The highest BCUT2D eigenvalue weighted by molar-refractivity contribution is 5.81. The highest BCUT2D eigenvalue weighted by Crippen LogP contribution is 2.15. The van der Waals surface area contributed by atoms with Crippen molar-refractivity contribution in [3.05, 3.63) is 0 Å². The summed E-state index contributed by atoms with van der Waals surface area (Å²) < 4.78 is 0. The molecular weight excluding hydrogens is 152 g/mol. The van der Waals surface area contributed by atoms with E-state index in [0.717, 1.165) is 0 Å². The Morgan fingerprint density at radius 2 is 1.75 bits per heavy atom. The first-order valence-electron chi connectivity index (χ1n) is 4.62. The van der Waals surface area contributed by atoms with Crippen molar-refractivity contribution < 1.29 is 9.90 Å². The average Bonchev–Trinajstić information content (AvgIpc) is 1.85. The van der Waals surface area contributed by atoms with Gasteiger partial charge in [-0.1, -0.05) is 27.7 Å². The number of ketones is 1. The lowest BCUT2D eigenvalue weighted by atomic mass is 9.88. The number of rotatable bonds is 5. The van der Waals surface area contributed by atoms with Gasteiger partial charge in [0.15, 0.2) is 0 Å². The van der Waals surface area contributed by atoms with Gasteiger partial charge in [-0.25, -0.2) is 0 Å². The van der Waals surface area contributed by atoms with Crippen LogP contribution >= 0.6 is 0 Å². The van der Waals surface area contributed by atoms with E-state index in [-0.39, 0.29) is 24.2 Å². The van der Waals surface area contributed by atoms with Crippen LogP contribution in [0.1, 0.15) is 34.1 Å². The summed E-state index contributed by atoms with van der Waals surface area (Å²) in [5.74, 6) is 0.682. The summed E-state index contributed by atoms with van der Waals surface area (Å²) in [5.41, 5.74) is 0. The van der Waals surface area contributed by atoms with Crippen molar-refractivity contribution in [1.29, 1.82) is 0 Å². The summed E-state index contributed by atoms with van der Waals surface area (Å²) in [4.78, 5) is 11.5. The van der Waals surface area contributed by atoms with Crippen LogP contribution in [0.5, 0.6) is 0 Å². The molecule has 0 fully saturated rings. The molecule has 0 radical (unpaired) electrons. The zero-order valence-corrected chi connectivity index (χ0v) is 8.50. The molecule has 2 heteroatoms. The Bertz CT molecular complexity index is 139. The number of aliphatic hydroxyl groups is 1. The molecule has 0 bridgehead atoms. The molecule has 0 spiro atoms. The quantitative estimate of drug-likeness (QED) is 0.687. The van der Waals surface area contributed by atoms with Gasteiger partial charge in [0.25, 0.3) is 0 Å². The third kappa shape index (κ3) is 3.86. The van der Waals surface area contributed by atoms with Crippen LogP contribution in [-0.2, 0) is 4.79 Å². The van der Waals surface area contributed by atoms with E-state index in [1.165, 1.54) is 0 Å². The summed E-state index contributed by atoms with van der Waals surface area (Å²) >= 11 is 0. The van der Waals surface area contributed by atoms with Gasteiger partial charge in [-0.05, 0) is 11.8 Å². The smallest absolute Gasteiger partial charge is 0.138 e. The number of carbonyl (C=O) groups is 1. The lowest BCUT2D eigenvalue weighted by Gasteiger charge is -2.17. The second kappa shape index (κ2) is 5.31. The molecule has 0 aliphatic rings. The minimum Gasteiger partial charge on any atom is -0.396 e. The highest BCUT2D eigenvalue weighted by atomic mass is 16.3.